The number of sulfonamides is 1. The lowest BCUT2D eigenvalue weighted by Crippen LogP contribution is -2.42. The standard InChI is InChI=1S/C17H20N4O4S/c1-20-10-13(9-19-20)16-11-21(6-7-25-16)26(23,24)14-3-2-12-4-5-18-17(22)15(12)8-14/h2-3,8-10,16H,4-7,11H2,1H3,(H,18,22)/t16-/m0/s1. The number of amides is 1. The second-order valence-corrected chi connectivity index (χ2v) is 8.43. The van der Waals surface area contributed by atoms with E-state index in [1.165, 1.54) is 10.4 Å². The van der Waals surface area contributed by atoms with Gasteiger partial charge in [0.2, 0.25) is 10.0 Å². The number of rotatable bonds is 3. The lowest BCUT2D eigenvalue weighted by molar-refractivity contribution is -0.00259. The number of carbonyl (C=O) groups excluding carboxylic acids is 1. The number of aromatic nitrogens is 2. The van der Waals surface area contributed by atoms with Crippen LogP contribution >= 0.6 is 0 Å². The van der Waals surface area contributed by atoms with Gasteiger partial charge in [0.25, 0.3) is 5.91 Å². The molecule has 1 saturated heterocycles. The number of hydrogen-bond acceptors (Lipinski definition) is 5. The average molecular weight is 376 g/mol. The summed E-state index contributed by atoms with van der Waals surface area (Å²) in [5.74, 6) is -0.224. The van der Waals surface area contributed by atoms with Crippen molar-refractivity contribution >= 4 is 15.9 Å². The number of hydrogen-bond donors (Lipinski definition) is 1. The molecule has 138 valence electrons. The van der Waals surface area contributed by atoms with E-state index in [4.69, 9.17) is 4.74 Å². The fourth-order valence-corrected chi connectivity index (χ4v) is 4.80. The number of benzene rings is 1. The zero-order valence-electron chi connectivity index (χ0n) is 14.4. The molecule has 2 aliphatic heterocycles. The highest BCUT2D eigenvalue weighted by Crippen LogP contribution is 2.27. The lowest BCUT2D eigenvalue weighted by atomic mass is 10.0. The maximum Gasteiger partial charge on any atom is 0.251 e. The van der Waals surface area contributed by atoms with Gasteiger partial charge >= 0.3 is 0 Å². The average Bonchev–Trinajstić information content (AvgIpc) is 3.08. The summed E-state index contributed by atoms with van der Waals surface area (Å²) in [5, 5.41) is 6.87. The van der Waals surface area contributed by atoms with Crippen LogP contribution in [0.15, 0.2) is 35.5 Å². The van der Waals surface area contributed by atoms with Gasteiger partial charge in [-0.2, -0.15) is 9.40 Å². The highest BCUT2D eigenvalue weighted by atomic mass is 32.2. The SMILES string of the molecule is Cn1cc([C@@H]2CN(S(=O)(=O)c3ccc4c(c3)C(=O)NCC4)CCO2)cn1. The molecule has 1 fully saturated rings. The Kier molecular flexibility index (Phi) is 4.29. The van der Waals surface area contributed by atoms with Gasteiger partial charge in [-0.05, 0) is 24.1 Å². The fourth-order valence-electron chi connectivity index (χ4n) is 3.35. The topological polar surface area (TPSA) is 93.5 Å². The molecule has 0 saturated carbocycles. The molecule has 1 aromatic carbocycles. The van der Waals surface area contributed by atoms with E-state index in [9.17, 15) is 13.2 Å². The van der Waals surface area contributed by atoms with Gasteiger partial charge in [-0.25, -0.2) is 8.42 Å². The highest BCUT2D eigenvalue weighted by Gasteiger charge is 2.33. The Hall–Kier alpha value is -2.23. The first kappa shape index (κ1) is 17.2. The first-order valence-corrected chi connectivity index (χ1v) is 9.90. The van der Waals surface area contributed by atoms with E-state index in [1.807, 2.05) is 6.20 Å². The molecule has 3 heterocycles. The number of carbonyl (C=O) groups is 1. The first-order valence-electron chi connectivity index (χ1n) is 8.46. The van der Waals surface area contributed by atoms with E-state index in [2.05, 4.69) is 10.4 Å². The van der Waals surface area contributed by atoms with Crippen LogP contribution in [0.4, 0.5) is 0 Å². The smallest absolute Gasteiger partial charge is 0.251 e. The number of fused-ring (bicyclic) bond motifs is 1. The fraction of sp³-hybridized carbons (Fsp3) is 0.412. The van der Waals surface area contributed by atoms with Crippen LogP contribution in [0.25, 0.3) is 0 Å². The molecule has 0 spiro atoms. The van der Waals surface area contributed by atoms with Crippen molar-refractivity contribution in [3.05, 3.63) is 47.3 Å². The van der Waals surface area contributed by atoms with Gasteiger partial charge in [0.15, 0.2) is 0 Å². The largest absolute Gasteiger partial charge is 0.371 e. The van der Waals surface area contributed by atoms with Gasteiger partial charge in [0.05, 0.1) is 23.8 Å². The van der Waals surface area contributed by atoms with E-state index >= 15 is 0 Å². The Morgan fingerprint density at radius 3 is 2.96 bits per heavy atom. The minimum Gasteiger partial charge on any atom is -0.371 e. The minimum absolute atomic E-state index is 0.139. The molecule has 0 aliphatic carbocycles. The first-order chi connectivity index (χ1) is 12.4. The van der Waals surface area contributed by atoms with Crippen LogP contribution in [-0.2, 0) is 28.2 Å². The highest BCUT2D eigenvalue weighted by molar-refractivity contribution is 7.89. The van der Waals surface area contributed by atoms with Crippen molar-refractivity contribution in [3.63, 3.8) is 0 Å². The molecule has 26 heavy (non-hydrogen) atoms. The summed E-state index contributed by atoms with van der Waals surface area (Å²) < 4.78 is 35.0. The third-order valence-corrected chi connectivity index (χ3v) is 6.63. The maximum absolute atomic E-state index is 13.1. The minimum atomic E-state index is -3.71. The Morgan fingerprint density at radius 2 is 2.19 bits per heavy atom. The van der Waals surface area contributed by atoms with E-state index < -0.39 is 10.0 Å². The molecule has 0 unspecified atom stereocenters. The molecule has 8 nitrogen and oxygen atoms in total. The van der Waals surface area contributed by atoms with Crippen molar-refractivity contribution in [2.24, 2.45) is 7.05 Å². The Balaban J connectivity index is 1.62. The molecule has 1 atom stereocenters. The van der Waals surface area contributed by atoms with Crippen LogP contribution in [0.1, 0.15) is 27.6 Å². The van der Waals surface area contributed by atoms with E-state index in [1.54, 1.807) is 30.1 Å². The van der Waals surface area contributed by atoms with Crippen LogP contribution < -0.4 is 5.32 Å². The number of ether oxygens (including phenoxy) is 1. The van der Waals surface area contributed by atoms with E-state index in [0.717, 1.165) is 11.1 Å². The molecule has 1 N–H and O–H groups in total. The molecule has 1 amide bonds. The third kappa shape index (κ3) is 3.02. The predicted octanol–water partition coefficient (Wildman–Crippen LogP) is 0.468. The number of aryl methyl sites for hydroxylation is 1. The second kappa shape index (κ2) is 6.49. The van der Waals surface area contributed by atoms with Crippen molar-refractivity contribution < 1.29 is 17.9 Å². The summed E-state index contributed by atoms with van der Waals surface area (Å²) in [4.78, 5) is 12.2. The van der Waals surface area contributed by atoms with Crippen LogP contribution in [0, 0.1) is 0 Å². The summed E-state index contributed by atoms with van der Waals surface area (Å²) in [7, 11) is -1.90. The zero-order chi connectivity index (χ0) is 18.3. The lowest BCUT2D eigenvalue weighted by Gasteiger charge is -2.32. The Labute approximate surface area is 151 Å². The molecule has 1 aromatic heterocycles. The normalized spacial score (nSPS) is 21.3. The summed E-state index contributed by atoms with van der Waals surface area (Å²) in [5.41, 5.74) is 2.16. The molecule has 2 aliphatic rings. The molecule has 0 radical (unpaired) electrons. The number of nitrogens with zero attached hydrogens (tertiary/aromatic N) is 3. The van der Waals surface area contributed by atoms with Crippen molar-refractivity contribution in [2.45, 2.75) is 17.4 Å². The van der Waals surface area contributed by atoms with E-state index in [0.29, 0.717) is 25.1 Å². The number of morpholine rings is 1. The van der Waals surface area contributed by atoms with Crippen molar-refractivity contribution in [1.82, 2.24) is 19.4 Å². The van der Waals surface area contributed by atoms with Gasteiger partial charge < -0.3 is 10.1 Å². The summed E-state index contributed by atoms with van der Waals surface area (Å²) >= 11 is 0. The third-order valence-electron chi connectivity index (χ3n) is 4.77. The van der Waals surface area contributed by atoms with Crippen LogP contribution in [0.2, 0.25) is 0 Å². The van der Waals surface area contributed by atoms with Crippen molar-refractivity contribution in [2.75, 3.05) is 26.2 Å². The quantitative estimate of drug-likeness (QED) is 0.840. The molecule has 9 heteroatoms. The molecule has 0 bridgehead atoms. The Bertz CT molecular complexity index is 953. The van der Waals surface area contributed by atoms with Gasteiger partial charge in [-0.3, -0.25) is 9.48 Å². The number of nitrogens with one attached hydrogen (secondary N) is 1. The maximum atomic E-state index is 13.1. The van der Waals surface area contributed by atoms with Crippen LogP contribution in [0.3, 0.4) is 0 Å². The second-order valence-electron chi connectivity index (χ2n) is 6.49. The molecular weight excluding hydrogens is 356 g/mol. The summed E-state index contributed by atoms with van der Waals surface area (Å²) in [6, 6.07) is 4.80. The van der Waals surface area contributed by atoms with Crippen molar-refractivity contribution in [1.29, 1.82) is 0 Å². The van der Waals surface area contributed by atoms with Crippen LogP contribution in [-0.4, -0.2) is 54.7 Å². The van der Waals surface area contributed by atoms with Crippen LogP contribution in [0.5, 0.6) is 0 Å². The Morgan fingerprint density at radius 1 is 1.35 bits per heavy atom. The summed E-state index contributed by atoms with van der Waals surface area (Å²) in [6.07, 6.45) is 3.86. The van der Waals surface area contributed by atoms with Crippen molar-refractivity contribution in [3.8, 4) is 0 Å². The molecular formula is C17H20N4O4S. The zero-order valence-corrected chi connectivity index (χ0v) is 15.2. The predicted molar refractivity (Wildman–Crippen MR) is 93.1 cm³/mol. The summed E-state index contributed by atoms with van der Waals surface area (Å²) in [6.45, 7) is 1.39. The van der Waals surface area contributed by atoms with Gasteiger partial charge in [0.1, 0.15) is 0 Å². The van der Waals surface area contributed by atoms with Gasteiger partial charge in [0, 0.05) is 44.0 Å². The molecule has 2 aromatic rings. The molecule has 4 rings (SSSR count). The van der Waals surface area contributed by atoms with Gasteiger partial charge in [-0.1, -0.05) is 6.07 Å². The monoisotopic (exact) mass is 376 g/mol. The van der Waals surface area contributed by atoms with E-state index in [-0.39, 0.29) is 30.0 Å². The van der Waals surface area contributed by atoms with Gasteiger partial charge in [-0.15, -0.1) is 0 Å².